The predicted octanol–water partition coefficient (Wildman–Crippen LogP) is 2.06. The number of H-pyrrole nitrogens is 1. The number of anilines is 2. The molecule has 0 radical (unpaired) electrons. The van der Waals surface area contributed by atoms with E-state index in [4.69, 9.17) is 0 Å². The summed E-state index contributed by atoms with van der Waals surface area (Å²) in [4.78, 5) is 26.8. The van der Waals surface area contributed by atoms with Crippen LogP contribution in [0.1, 0.15) is 19.0 Å². The molecule has 124 valence electrons. The lowest BCUT2D eigenvalue weighted by Gasteiger charge is -2.06. The minimum atomic E-state index is -0.223. The van der Waals surface area contributed by atoms with Crippen molar-refractivity contribution in [1.29, 1.82) is 0 Å². The molecule has 1 aromatic carbocycles. The monoisotopic (exact) mass is 326 g/mol. The van der Waals surface area contributed by atoms with E-state index in [0.29, 0.717) is 12.2 Å². The maximum absolute atomic E-state index is 12.2. The first kappa shape index (κ1) is 15.7. The molecule has 0 aliphatic carbocycles. The van der Waals surface area contributed by atoms with Crippen LogP contribution in [0.15, 0.2) is 30.5 Å². The van der Waals surface area contributed by atoms with E-state index in [9.17, 15) is 9.59 Å². The van der Waals surface area contributed by atoms with E-state index in [1.165, 1.54) is 10.9 Å². The highest BCUT2D eigenvalue weighted by atomic mass is 16.2. The summed E-state index contributed by atoms with van der Waals surface area (Å²) in [5.74, 6) is -0.0429. The zero-order valence-electron chi connectivity index (χ0n) is 13.5. The molecule has 2 aromatic heterocycles. The van der Waals surface area contributed by atoms with Gasteiger partial charge in [0.05, 0.1) is 11.9 Å². The molecule has 8 heteroatoms. The lowest BCUT2D eigenvalue weighted by molar-refractivity contribution is -0.117. The Morgan fingerprint density at radius 3 is 2.88 bits per heavy atom. The van der Waals surface area contributed by atoms with Crippen LogP contribution in [0.5, 0.6) is 0 Å². The second kappa shape index (κ2) is 6.53. The van der Waals surface area contributed by atoms with Crippen molar-refractivity contribution in [2.75, 3.05) is 10.6 Å². The highest BCUT2D eigenvalue weighted by molar-refractivity contribution is 6.01. The number of nitrogens with zero attached hydrogens (tertiary/aromatic N) is 3. The summed E-state index contributed by atoms with van der Waals surface area (Å²) >= 11 is 0. The molecular formula is C16H18N6O2. The van der Waals surface area contributed by atoms with E-state index in [-0.39, 0.29) is 18.4 Å². The number of aryl methyl sites for hydroxylation is 1. The minimum absolute atomic E-state index is 0.00872. The first-order valence-corrected chi connectivity index (χ1v) is 7.63. The van der Waals surface area contributed by atoms with E-state index in [2.05, 4.69) is 25.9 Å². The average Bonchev–Trinajstić information content (AvgIpc) is 3.13. The van der Waals surface area contributed by atoms with Gasteiger partial charge in [-0.1, -0.05) is 18.2 Å². The Labute approximate surface area is 138 Å². The maximum Gasteiger partial charge on any atom is 0.246 e. The van der Waals surface area contributed by atoms with Gasteiger partial charge in [0.15, 0.2) is 5.82 Å². The van der Waals surface area contributed by atoms with Crippen molar-refractivity contribution in [3.8, 4) is 0 Å². The average molecular weight is 326 g/mol. The van der Waals surface area contributed by atoms with Gasteiger partial charge in [0.2, 0.25) is 11.8 Å². The van der Waals surface area contributed by atoms with Crippen LogP contribution in [0.25, 0.3) is 10.9 Å². The number of amides is 2. The van der Waals surface area contributed by atoms with Gasteiger partial charge in [0.1, 0.15) is 6.54 Å². The molecule has 8 nitrogen and oxygen atoms in total. The number of nitrogens with one attached hydrogen (secondary N) is 3. The topological polar surface area (TPSA) is 105 Å². The number of rotatable bonds is 5. The largest absolute Gasteiger partial charge is 0.359 e. The number of aromatic nitrogens is 4. The van der Waals surface area contributed by atoms with Gasteiger partial charge in [-0.15, -0.1) is 5.10 Å². The molecule has 0 atom stereocenters. The molecule has 0 fully saturated rings. The zero-order chi connectivity index (χ0) is 17.1. The van der Waals surface area contributed by atoms with Crippen LogP contribution in [-0.4, -0.2) is 31.8 Å². The van der Waals surface area contributed by atoms with Gasteiger partial charge in [-0.05, 0) is 25.1 Å². The molecule has 0 aliphatic rings. The van der Waals surface area contributed by atoms with E-state index in [0.717, 1.165) is 22.3 Å². The molecule has 2 heterocycles. The molecule has 0 aliphatic heterocycles. The fourth-order valence-electron chi connectivity index (χ4n) is 2.40. The Bertz CT molecular complexity index is 895. The minimum Gasteiger partial charge on any atom is -0.359 e. The van der Waals surface area contributed by atoms with Gasteiger partial charge in [0.25, 0.3) is 0 Å². The molecule has 0 saturated carbocycles. The molecule has 0 spiro atoms. The SMILES string of the molecule is CCC(=O)Nc1cn(CC(=O)Nc2cccc3[nH]c(C)cc23)nn1. The summed E-state index contributed by atoms with van der Waals surface area (Å²) in [6.07, 6.45) is 1.88. The number of hydrogen-bond donors (Lipinski definition) is 3. The summed E-state index contributed by atoms with van der Waals surface area (Å²) in [6.45, 7) is 3.72. The second-order valence-electron chi connectivity index (χ2n) is 5.47. The van der Waals surface area contributed by atoms with Crippen LogP contribution in [0.4, 0.5) is 11.5 Å². The zero-order valence-corrected chi connectivity index (χ0v) is 13.5. The van der Waals surface area contributed by atoms with Gasteiger partial charge in [-0.3, -0.25) is 9.59 Å². The number of aromatic amines is 1. The Balaban J connectivity index is 1.68. The van der Waals surface area contributed by atoms with Gasteiger partial charge >= 0.3 is 0 Å². The van der Waals surface area contributed by atoms with Crippen LogP contribution in [-0.2, 0) is 16.1 Å². The standard InChI is InChI=1S/C16H18N6O2/c1-3-15(23)19-14-8-22(21-20-14)9-16(24)18-13-6-4-5-12-11(13)7-10(2)17-12/h4-8,17H,3,9H2,1-2H3,(H,18,24)(H,19,23). The first-order chi connectivity index (χ1) is 11.5. The first-order valence-electron chi connectivity index (χ1n) is 7.63. The van der Waals surface area contributed by atoms with Crippen molar-refractivity contribution < 1.29 is 9.59 Å². The molecule has 3 aromatic rings. The molecular weight excluding hydrogens is 308 g/mol. The number of carbonyl (C=O) groups is 2. The highest BCUT2D eigenvalue weighted by Crippen LogP contribution is 2.24. The van der Waals surface area contributed by atoms with Crippen LogP contribution in [0, 0.1) is 6.92 Å². The summed E-state index contributed by atoms with van der Waals surface area (Å²) in [5, 5.41) is 14.1. The Kier molecular flexibility index (Phi) is 4.28. The van der Waals surface area contributed by atoms with E-state index < -0.39 is 0 Å². The highest BCUT2D eigenvalue weighted by Gasteiger charge is 2.10. The maximum atomic E-state index is 12.2. The number of benzene rings is 1. The normalized spacial score (nSPS) is 10.8. The molecule has 0 saturated heterocycles. The van der Waals surface area contributed by atoms with Gasteiger partial charge in [-0.2, -0.15) is 0 Å². The summed E-state index contributed by atoms with van der Waals surface area (Å²) in [7, 11) is 0. The van der Waals surface area contributed by atoms with Crippen molar-refractivity contribution in [1.82, 2.24) is 20.0 Å². The van der Waals surface area contributed by atoms with Crippen LogP contribution in [0.3, 0.4) is 0 Å². The summed E-state index contributed by atoms with van der Waals surface area (Å²) < 4.78 is 1.38. The van der Waals surface area contributed by atoms with Crippen molar-refractivity contribution in [2.45, 2.75) is 26.8 Å². The predicted molar refractivity (Wildman–Crippen MR) is 90.6 cm³/mol. The van der Waals surface area contributed by atoms with Gasteiger partial charge in [0, 0.05) is 23.0 Å². The fourth-order valence-corrected chi connectivity index (χ4v) is 2.40. The van der Waals surface area contributed by atoms with Crippen molar-refractivity contribution in [3.63, 3.8) is 0 Å². The van der Waals surface area contributed by atoms with E-state index >= 15 is 0 Å². The van der Waals surface area contributed by atoms with E-state index in [1.54, 1.807) is 6.92 Å². The third-order valence-electron chi connectivity index (χ3n) is 3.51. The fraction of sp³-hybridized carbons (Fsp3) is 0.250. The lowest BCUT2D eigenvalue weighted by Crippen LogP contribution is -2.19. The van der Waals surface area contributed by atoms with Crippen molar-refractivity contribution in [2.24, 2.45) is 0 Å². The summed E-state index contributed by atoms with van der Waals surface area (Å²) in [5.41, 5.74) is 2.73. The third-order valence-corrected chi connectivity index (χ3v) is 3.51. The molecule has 2 amide bonds. The molecule has 3 N–H and O–H groups in total. The molecule has 0 bridgehead atoms. The van der Waals surface area contributed by atoms with E-state index in [1.807, 2.05) is 31.2 Å². The molecule has 3 rings (SSSR count). The smallest absolute Gasteiger partial charge is 0.246 e. The van der Waals surface area contributed by atoms with Crippen LogP contribution < -0.4 is 10.6 Å². The summed E-state index contributed by atoms with van der Waals surface area (Å²) in [6, 6.07) is 7.67. The quantitative estimate of drug-likeness (QED) is 0.667. The van der Waals surface area contributed by atoms with Crippen molar-refractivity contribution in [3.05, 3.63) is 36.2 Å². The number of hydrogen-bond acceptors (Lipinski definition) is 4. The lowest BCUT2D eigenvalue weighted by atomic mass is 10.2. The Morgan fingerprint density at radius 2 is 2.08 bits per heavy atom. The molecule has 0 unspecified atom stereocenters. The van der Waals surface area contributed by atoms with Gasteiger partial charge in [-0.25, -0.2) is 4.68 Å². The number of fused-ring (bicyclic) bond motifs is 1. The third kappa shape index (κ3) is 3.43. The Morgan fingerprint density at radius 1 is 1.25 bits per heavy atom. The van der Waals surface area contributed by atoms with Crippen LogP contribution >= 0.6 is 0 Å². The molecule has 24 heavy (non-hydrogen) atoms. The second-order valence-corrected chi connectivity index (χ2v) is 5.47. The van der Waals surface area contributed by atoms with Crippen LogP contribution in [0.2, 0.25) is 0 Å². The van der Waals surface area contributed by atoms with Gasteiger partial charge < -0.3 is 15.6 Å². The van der Waals surface area contributed by atoms with Crippen molar-refractivity contribution >= 4 is 34.2 Å². The Hall–Kier alpha value is -3.16. The number of carbonyl (C=O) groups excluding carboxylic acids is 2.